The minimum atomic E-state index is 0.00395. The molecule has 86 valence electrons. The van der Waals surface area contributed by atoms with Crippen molar-refractivity contribution in [3.05, 3.63) is 35.4 Å². The zero-order valence-electron chi connectivity index (χ0n) is 9.61. The summed E-state index contributed by atoms with van der Waals surface area (Å²) in [5.41, 5.74) is 2.48. The minimum Gasteiger partial charge on any atom is -0.344 e. The lowest BCUT2D eigenvalue weighted by atomic mass is 9.77. The normalized spacial score (nSPS) is 19.6. The number of fused-ring (bicyclic) bond motifs is 1. The average molecular weight is 238 g/mol. The Morgan fingerprint density at radius 1 is 1.56 bits per heavy atom. The van der Waals surface area contributed by atoms with Crippen LogP contribution < -0.4 is 0 Å². The highest BCUT2D eigenvalue weighted by molar-refractivity contribution is 6.20. The van der Waals surface area contributed by atoms with Gasteiger partial charge in [-0.05, 0) is 24.5 Å². The van der Waals surface area contributed by atoms with Gasteiger partial charge < -0.3 is 4.90 Å². The summed E-state index contributed by atoms with van der Waals surface area (Å²) in [5, 5.41) is 0.00395. The third kappa shape index (κ3) is 2.07. The number of carbonyl (C=O) groups is 1. The van der Waals surface area contributed by atoms with E-state index in [9.17, 15) is 4.79 Å². The first-order valence-corrected chi connectivity index (χ1v) is 6.00. The van der Waals surface area contributed by atoms with E-state index in [-0.39, 0.29) is 17.2 Å². The summed E-state index contributed by atoms with van der Waals surface area (Å²) >= 11 is 5.89. The van der Waals surface area contributed by atoms with Crippen molar-refractivity contribution in [1.82, 2.24) is 4.90 Å². The fourth-order valence-electron chi connectivity index (χ4n) is 2.21. The molecule has 1 aromatic rings. The summed E-state index contributed by atoms with van der Waals surface area (Å²) in [6, 6.07) is 8.13. The first-order chi connectivity index (χ1) is 7.59. The summed E-state index contributed by atoms with van der Waals surface area (Å²) in [6.45, 7) is 2.51. The maximum atomic E-state index is 12.1. The van der Waals surface area contributed by atoms with Gasteiger partial charge in [-0.25, -0.2) is 0 Å². The van der Waals surface area contributed by atoms with E-state index in [1.807, 2.05) is 32.2 Å². The lowest BCUT2D eigenvalue weighted by molar-refractivity contribution is -0.132. The number of carbonyl (C=O) groups excluding carboxylic acids is 1. The molecule has 0 radical (unpaired) electrons. The van der Waals surface area contributed by atoms with E-state index < -0.39 is 0 Å². The van der Waals surface area contributed by atoms with Crippen molar-refractivity contribution < 1.29 is 4.79 Å². The highest BCUT2D eigenvalue weighted by Crippen LogP contribution is 2.35. The number of halogens is 1. The summed E-state index contributed by atoms with van der Waals surface area (Å²) in [6.07, 6.45) is 0.871. The number of hydrogen-bond donors (Lipinski definition) is 0. The molecule has 0 spiro atoms. The Morgan fingerprint density at radius 3 is 2.88 bits per heavy atom. The predicted molar refractivity (Wildman–Crippen MR) is 65.8 cm³/mol. The van der Waals surface area contributed by atoms with Crippen LogP contribution in [0.4, 0.5) is 0 Å². The maximum Gasteiger partial charge on any atom is 0.230 e. The standard InChI is InChI=1S/C13H16ClNO/c1-9(14)8-15(2)13(16)12-7-10-5-3-4-6-11(10)12/h3-6,9,12H,7-8H2,1-2H3. The first kappa shape index (κ1) is 11.5. The van der Waals surface area contributed by atoms with Gasteiger partial charge >= 0.3 is 0 Å². The summed E-state index contributed by atoms with van der Waals surface area (Å²) < 4.78 is 0. The SMILES string of the molecule is CC(Cl)CN(C)C(=O)C1Cc2ccccc21. The van der Waals surface area contributed by atoms with Crippen molar-refractivity contribution in [2.75, 3.05) is 13.6 Å². The molecule has 2 nitrogen and oxygen atoms in total. The van der Waals surface area contributed by atoms with Crippen molar-refractivity contribution in [2.45, 2.75) is 24.6 Å². The molecule has 0 fully saturated rings. The number of benzene rings is 1. The van der Waals surface area contributed by atoms with Gasteiger partial charge in [0.2, 0.25) is 5.91 Å². The number of amides is 1. The topological polar surface area (TPSA) is 20.3 Å². The van der Waals surface area contributed by atoms with Gasteiger partial charge in [0.15, 0.2) is 0 Å². The Kier molecular flexibility index (Phi) is 3.20. The Bertz CT molecular complexity index is 403. The molecule has 1 aromatic carbocycles. The van der Waals surface area contributed by atoms with Crippen molar-refractivity contribution >= 4 is 17.5 Å². The van der Waals surface area contributed by atoms with E-state index in [1.165, 1.54) is 11.1 Å². The lowest BCUT2D eigenvalue weighted by Gasteiger charge is -2.32. The van der Waals surface area contributed by atoms with Gasteiger partial charge in [-0.2, -0.15) is 0 Å². The monoisotopic (exact) mass is 237 g/mol. The number of alkyl halides is 1. The molecule has 0 aromatic heterocycles. The van der Waals surface area contributed by atoms with Crippen molar-refractivity contribution in [3.8, 4) is 0 Å². The molecule has 2 rings (SSSR count). The number of rotatable bonds is 3. The van der Waals surface area contributed by atoms with E-state index in [1.54, 1.807) is 4.90 Å². The van der Waals surface area contributed by atoms with E-state index in [0.29, 0.717) is 6.54 Å². The van der Waals surface area contributed by atoms with Crippen LogP contribution in [0.25, 0.3) is 0 Å². The maximum absolute atomic E-state index is 12.1. The molecule has 3 heteroatoms. The molecular weight excluding hydrogens is 222 g/mol. The minimum absolute atomic E-state index is 0.00395. The van der Waals surface area contributed by atoms with Crippen LogP contribution in [0.3, 0.4) is 0 Å². The van der Waals surface area contributed by atoms with Gasteiger partial charge in [-0.3, -0.25) is 4.79 Å². The van der Waals surface area contributed by atoms with Gasteiger partial charge in [0.25, 0.3) is 0 Å². The zero-order chi connectivity index (χ0) is 11.7. The van der Waals surface area contributed by atoms with Crippen LogP contribution >= 0.6 is 11.6 Å². The molecule has 1 aliphatic rings. The molecule has 2 unspecified atom stereocenters. The van der Waals surface area contributed by atoms with Crippen molar-refractivity contribution in [1.29, 1.82) is 0 Å². The lowest BCUT2D eigenvalue weighted by Crippen LogP contribution is -2.39. The predicted octanol–water partition coefficient (Wildman–Crippen LogP) is 2.41. The smallest absolute Gasteiger partial charge is 0.230 e. The van der Waals surface area contributed by atoms with Crippen LogP contribution in [0.2, 0.25) is 0 Å². The highest BCUT2D eigenvalue weighted by atomic mass is 35.5. The van der Waals surface area contributed by atoms with Gasteiger partial charge in [0.1, 0.15) is 0 Å². The Hall–Kier alpha value is -1.02. The van der Waals surface area contributed by atoms with Crippen LogP contribution in [0, 0.1) is 0 Å². The van der Waals surface area contributed by atoms with Gasteiger partial charge in [-0.1, -0.05) is 24.3 Å². The Labute approximate surface area is 101 Å². The van der Waals surface area contributed by atoms with Gasteiger partial charge in [0.05, 0.1) is 5.92 Å². The number of hydrogen-bond acceptors (Lipinski definition) is 1. The highest BCUT2D eigenvalue weighted by Gasteiger charge is 2.33. The zero-order valence-corrected chi connectivity index (χ0v) is 10.4. The van der Waals surface area contributed by atoms with Crippen LogP contribution in [0.15, 0.2) is 24.3 Å². The molecule has 16 heavy (non-hydrogen) atoms. The largest absolute Gasteiger partial charge is 0.344 e. The molecule has 1 aliphatic carbocycles. The van der Waals surface area contributed by atoms with Crippen molar-refractivity contribution in [3.63, 3.8) is 0 Å². The Balaban J connectivity index is 2.04. The third-order valence-electron chi connectivity index (χ3n) is 3.05. The molecule has 0 saturated carbocycles. The second-order valence-electron chi connectivity index (χ2n) is 4.46. The molecule has 0 aliphatic heterocycles. The fraction of sp³-hybridized carbons (Fsp3) is 0.462. The molecule has 0 bridgehead atoms. The first-order valence-electron chi connectivity index (χ1n) is 5.56. The summed E-state index contributed by atoms with van der Waals surface area (Å²) in [7, 11) is 1.82. The van der Waals surface area contributed by atoms with Gasteiger partial charge in [0, 0.05) is 19.0 Å². The molecular formula is C13H16ClNO. The Morgan fingerprint density at radius 2 is 2.25 bits per heavy atom. The molecule has 0 saturated heterocycles. The summed E-state index contributed by atoms with van der Waals surface area (Å²) in [4.78, 5) is 13.8. The molecule has 0 N–H and O–H groups in total. The van der Waals surface area contributed by atoms with Crippen molar-refractivity contribution in [2.24, 2.45) is 0 Å². The summed E-state index contributed by atoms with van der Waals surface area (Å²) in [5.74, 6) is 0.239. The van der Waals surface area contributed by atoms with E-state index in [2.05, 4.69) is 6.07 Å². The number of likely N-dealkylation sites (N-methyl/N-ethyl adjacent to an activating group) is 1. The van der Waals surface area contributed by atoms with Crippen LogP contribution in [0.5, 0.6) is 0 Å². The van der Waals surface area contributed by atoms with E-state index in [4.69, 9.17) is 11.6 Å². The quantitative estimate of drug-likeness (QED) is 0.740. The second kappa shape index (κ2) is 4.46. The number of nitrogens with zero attached hydrogens (tertiary/aromatic N) is 1. The van der Waals surface area contributed by atoms with Gasteiger partial charge in [-0.15, -0.1) is 11.6 Å². The molecule has 1 amide bonds. The molecule has 0 heterocycles. The van der Waals surface area contributed by atoms with Crippen LogP contribution in [-0.4, -0.2) is 29.8 Å². The van der Waals surface area contributed by atoms with Crippen LogP contribution in [0.1, 0.15) is 24.0 Å². The molecule has 2 atom stereocenters. The second-order valence-corrected chi connectivity index (χ2v) is 5.20. The van der Waals surface area contributed by atoms with Crippen LogP contribution in [-0.2, 0) is 11.2 Å². The third-order valence-corrected chi connectivity index (χ3v) is 3.19. The fourth-order valence-corrected chi connectivity index (χ4v) is 2.42. The van der Waals surface area contributed by atoms with E-state index in [0.717, 1.165) is 6.42 Å². The average Bonchev–Trinajstić information content (AvgIpc) is 2.18. The van der Waals surface area contributed by atoms with E-state index >= 15 is 0 Å².